The highest BCUT2D eigenvalue weighted by atomic mass is 32.2. The smallest absolute Gasteiger partial charge is 0.407 e. The van der Waals surface area contributed by atoms with Gasteiger partial charge in [-0.25, -0.2) is 13.2 Å². The van der Waals surface area contributed by atoms with Crippen molar-refractivity contribution in [1.29, 1.82) is 0 Å². The molecule has 1 aliphatic rings. The maximum atomic E-state index is 13.6. The molecule has 214 valence electrons. The molecule has 3 unspecified atom stereocenters. The van der Waals surface area contributed by atoms with E-state index in [0.717, 1.165) is 5.56 Å². The first kappa shape index (κ1) is 30.6. The minimum Gasteiger partial charge on any atom is -0.497 e. The molecule has 1 amide bonds. The second-order valence-corrected chi connectivity index (χ2v) is 11.5. The molecule has 0 aromatic heterocycles. The molecule has 1 fully saturated rings. The molecular weight excluding hydrogens is 524 g/mol. The lowest BCUT2D eigenvalue weighted by atomic mass is 10.0. The summed E-state index contributed by atoms with van der Waals surface area (Å²) in [5.74, 6) is 0.540. The van der Waals surface area contributed by atoms with E-state index in [9.17, 15) is 23.1 Å². The first-order chi connectivity index (χ1) is 18.7. The topological polar surface area (TPSA) is 131 Å². The number of nitrogens with zero attached hydrogens (tertiary/aromatic N) is 1. The number of hydrogen-bond acceptors (Lipinski definition) is 8. The summed E-state index contributed by atoms with van der Waals surface area (Å²) in [7, 11) is -2.51. The number of aliphatic hydroxyl groups is 1. The normalized spacial score (nSPS) is 17.0. The van der Waals surface area contributed by atoms with Gasteiger partial charge < -0.3 is 29.4 Å². The summed E-state index contributed by atoms with van der Waals surface area (Å²) in [6.07, 6.45) is -0.174. The number of amides is 1. The fourth-order valence-electron chi connectivity index (χ4n) is 4.30. The Kier molecular flexibility index (Phi) is 11.7. The minimum atomic E-state index is -4.00. The predicted octanol–water partition coefficient (Wildman–Crippen LogP) is 2.93. The molecule has 0 saturated carbocycles. The Hall–Kier alpha value is -2.99. The molecule has 2 aromatic rings. The Morgan fingerprint density at radius 2 is 1.85 bits per heavy atom. The van der Waals surface area contributed by atoms with Crippen LogP contribution in [0.4, 0.5) is 4.79 Å². The first-order valence-corrected chi connectivity index (χ1v) is 14.5. The summed E-state index contributed by atoms with van der Waals surface area (Å²) in [5, 5.41) is 14.0. The van der Waals surface area contributed by atoms with Crippen molar-refractivity contribution in [2.24, 2.45) is 0 Å². The van der Waals surface area contributed by atoms with Crippen LogP contribution in [0, 0.1) is 0 Å². The summed E-state index contributed by atoms with van der Waals surface area (Å²) in [4.78, 5) is 24.1. The van der Waals surface area contributed by atoms with Crippen LogP contribution in [0.3, 0.4) is 0 Å². The lowest BCUT2D eigenvalue weighted by Crippen LogP contribution is -2.51. The van der Waals surface area contributed by atoms with Crippen molar-refractivity contribution in [2.45, 2.75) is 62.2 Å². The van der Waals surface area contributed by atoms with Crippen molar-refractivity contribution >= 4 is 21.9 Å². The molecule has 1 heterocycles. The van der Waals surface area contributed by atoms with Crippen LogP contribution in [0.15, 0.2) is 59.5 Å². The van der Waals surface area contributed by atoms with E-state index < -0.39 is 28.3 Å². The predicted molar refractivity (Wildman–Crippen MR) is 145 cm³/mol. The average molecular weight is 563 g/mol. The molecule has 3 atom stereocenters. The number of ether oxygens (including phenoxy) is 3. The van der Waals surface area contributed by atoms with Crippen molar-refractivity contribution in [3.8, 4) is 5.75 Å². The van der Waals surface area contributed by atoms with Gasteiger partial charge in [-0.05, 0) is 56.0 Å². The van der Waals surface area contributed by atoms with Crippen LogP contribution < -0.4 is 10.1 Å². The van der Waals surface area contributed by atoms with Gasteiger partial charge in [0.2, 0.25) is 10.0 Å². The molecule has 0 aliphatic carbocycles. The SMILES string of the molecule is COc1ccc(S(=O)(=O)N(CCCCC(C)=O)CC(O)C(Cc2ccccc2)NC(=O)OC2CCOC2)cc1. The highest BCUT2D eigenvalue weighted by molar-refractivity contribution is 7.89. The van der Waals surface area contributed by atoms with Crippen LogP contribution >= 0.6 is 0 Å². The number of methoxy groups -OCH3 is 1. The second-order valence-electron chi connectivity index (χ2n) is 9.60. The van der Waals surface area contributed by atoms with Gasteiger partial charge in [-0.2, -0.15) is 4.31 Å². The Morgan fingerprint density at radius 3 is 2.46 bits per heavy atom. The first-order valence-electron chi connectivity index (χ1n) is 13.1. The molecule has 2 N–H and O–H groups in total. The highest BCUT2D eigenvalue weighted by Crippen LogP contribution is 2.21. The van der Waals surface area contributed by atoms with E-state index in [4.69, 9.17) is 14.2 Å². The molecule has 10 nitrogen and oxygen atoms in total. The van der Waals surface area contributed by atoms with Gasteiger partial charge in [-0.15, -0.1) is 0 Å². The monoisotopic (exact) mass is 562 g/mol. The molecular formula is C28H38N2O8S. The van der Waals surface area contributed by atoms with E-state index >= 15 is 0 Å². The van der Waals surface area contributed by atoms with Crippen LogP contribution in [0.25, 0.3) is 0 Å². The number of carbonyl (C=O) groups excluding carboxylic acids is 2. The zero-order chi connectivity index (χ0) is 28.3. The maximum Gasteiger partial charge on any atom is 0.407 e. The van der Waals surface area contributed by atoms with Crippen molar-refractivity contribution in [3.63, 3.8) is 0 Å². The van der Waals surface area contributed by atoms with Gasteiger partial charge in [0.1, 0.15) is 17.6 Å². The van der Waals surface area contributed by atoms with Gasteiger partial charge in [0.25, 0.3) is 0 Å². The molecule has 2 aromatic carbocycles. The fourth-order valence-corrected chi connectivity index (χ4v) is 5.79. The number of Topliss-reactive ketones (excluding diaryl/α,β-unsaturated/α-hetero) is 1. The van der Waals surface area contributed by atoms with Crippen molar-refractivity contribution < 1.29 is 37.3 Å². The molecule has 1 aliphatic heterocycles. The largest absolute Gasteiger partial charge is 0.497 e. The molecule has 39 heavy (non-hydrogen) atoms. The van der Waals surface area contributed by atoms with E-state index in [0.29, 0.717) is 44.6 Å². The van der Waals surface area contributed by atoms with Gasteiger partial charge in [-0.1, -0.05) is 30.3 Å². The van der Waals surface area contributed by atoms with Crippen molar-refractivity contribution in [2.75, 3.05) is 33.4 Å². The van der Waals surface area contributed by atoms with Gasteiger partial charge in [0.05, 0.1) is 37.4 Å². The molecule has 3 rings (SSSR count). The number of alkyl carbamates (subject to hydrolysis) is 1. The average Bonchev–Trinajstić information content (AvgIpc) is 3.43. The molecule has 1 saturated heterocycles. The Balaban J connectivity index is 1.80. The molecule has 0 radical (unpaired) electrons. The number of carbonyl (C=O) groups is 2. The number of ketones is 1. The molecule has 11 heteroatoms. The van der Waals surface area contributed by atoms with Gasteiger partial charge in [0.15, 0.2) is 0 Å². The van der Waals surface area contributed by atoms with Gasteiger partial charge in [-0.3, -0.25) is 0 Å². The Bertz CT molecular complexity index is 1150. The van der Waals surface area contributed by atoms with Gasteiger partial charge in [0, 0.05) is 25.9 Å². The summed E-state index contributed by atoms with van der Waals surface area (Å²) >= 11 is 0. The number of sulfonamides is 1. The number of benzene rings is 2. The lowest BCUT2D eigenvalue weighted by Gasteiger charge is -2.30. The number of nitrogens with one attached hydrogen (secondary N) is 1. The van der Waals surface area contributed by atoms with E-state index in [1.807, 2.05) is 30.3 Å². The third-order valence-corrected chi connectivity index (χ3v) is 8.38. The number of hydrogen-bond donors (Lipinski definition) is 2. The van der Waals surface area contributed by atoms with Crippen molar-refractivity contribution in [3.05, 3.63) is 60.2 Å². The van der Waals surface area contributed by atoms with E-state index in [1.165, 1.54) is 30.5 Å². The zero-order valence-corrected chi connectivity index (χ0v) is 23.3. The third kappa shape index (κ3) is 9.61. The quantitative estimate of drug-likeness (QED) is 0.317. The Labute approximate surface area is 230 Å². The van der Waals surface area contributed by atoms with Crippen LogP contribution in [0.2, 0.25) is 0 Å². The molecule has 0 bridgehead atoms. The van der Waals surface area contributed by atoms with Crippen molar-refractivity contribution in [1.82, 2.24) is 9.62 Å². The minimum absolute atomic E-state index is 0.0258. The maximum absolute atomic E-state index is 13.6. The highest BCUT2D eigenvalue weighted by Gasteiger charge is 2.31. The van der Waals surface area contributed by atoms with E-state index in [2.05, 4.69) is 5.32 Å². The summed E-state index contributed by atoms with van der Waals surface area (Å²) in [5.41, 5.74) is 0.858. The van der Waals surface area contributed by atoms with E-state index in [-0.39, 0.29) is 36.3 Å². The van der Waals surface area contributed by atoms with E-state index in [1.54, 1.807) is 12.1 Å². The standard InChI is InChI=1S/C28H38N2O8S/c1-21(31)8-6-7-16-30(39(34,35)25-13-11-23(36-2)12-14-25)19-27(32)26(18-22-9-4-3-5-10-22)29-28(33)38-24-15-17-37-20-24/h3-5,9-14,24,26-27,32H,6-8,15-20H2,1-2H3,(H,29,33). The summed E-state index contributed by atoms with van der Waals surface area (Å²) in [6.45, 7) is 2.15. The fraction of sp³-hybridized carbons (Fsp3) is 0.500. The van der Waals surface area contributed by atoms with Crippen LogP contribution in [-0.4, -0.2) is 81.4 Å². The number of rotatable bonds is 15. The summed E-state index contributed by atoms with van der Waals surface area (Å²) < 4.78 is 44.3. The van der Waals surface area contributed by atoms with Crippen LogP contribution in [-0.2, 0) is 30.7 Å². The Morgan fingerprint density at radius 1 is 1.13 bits per heavy atom. The molecule has 0 spiro atoms. The van der Waals surface area contributed by atoms with Crippen LogP contribution in [0.5, 0.6) is 5.75 Å². The second kappa shape index (κ2) is 15.0. The van der Waals surface area contributed by atoms with Gasteiger partial charge >= 0.3 is 6.09 Å². The third-order valence-electron chi connectivity index (χ3n) is 6.50. The summed E-state index contributed by atoms with van der Waals surface area (Å²) in [6, 6.07) is 14.5. The lowest BCUT2D eigenvalue weighted by molar-refractivity contribution is -0.117. The van der Waals surface area contributed by atoms with Crippen LogP contribution in [0.1, 0.15) is 38.2 Å². The number of aliphatic hydroxyl groups excluding tert-OH is 1. The zero-order valence-electron chi connectivity index (χ0n) is 22.5. The number of unbranched alkanes of at least 4 members (excludes halogenated alkanes) is 1.